The van der Waals surface area contributed by atoms with Gasteiger partial charge in [-0.1, -0.05) is 0 Å². The van der Waals surface area contributed by atoms with Gasteiger partial charge < -0.3 is 0 Å². The van der Waals surface area contributed by atoms with E-state index in [-0.39, 0.29) is 10.7 Å². The van der Waals surface area contributed by atoms with Gasteiger partial charge in [0.1, 0.15) is 16.5 Å². The van der Waals surface area contributed by atoms with E-state index in [0.29, 0.717) is 0 Å². The highest BCUT2D eigenvalue weighted by Gasteiger charge is 2.15. The molecular weight excluding hydrogens is 372 g/mol. The maximum absolute atomic E-state index is 12.9. The van der Waals surface area contributed by atoms with E-state index >= 15 is 0 Å². The van der Waals surface area contributed by atoms with E-state index in [9.17, 15) is 12.8 Å². The molecule has 0 aliphatic heterocycles. The lowest BCUT2D eigenvalue weighted by Gasteiger charge is -2.06. The Bertz CT molecular complexity index is 661. The molecule has 0 saturated heterocycles. The smallest absolute Gasteiger partial charge is 0.263 e. The van der Waals surface area contributed by atoms with E-state index in [4.69, 9.17) is 0 Å². The Hall–Kier alpha value is -1.29. The van der Waals surface area contributed by atoms with Gasteiger partial charge in [-0.15, -0.1) is 0 Å². The fraction of sp³-hybridized carbons (Fsp3) is 0. The minimum atomic E-state index is -3.87. The van der Waals surface area contributed by atoms with Crippen molar-refractivity contribution >= 4 is 38.4 Å². The Morgan fingerprint density at radius 2 is 2.00 bits per heavy atom. The minimum absolute atomic E-state index is 0.166. The lowest BCUT2D eigenvalue weighted by atomic mass is 10.5. The number of hydrogen-bond donors (Lipinski definition) is 1. The molecule has 94 valence electrons. The first-order valence-electron chi connectivity index (χ1n) is 4.72. The fourth-order valence-electron chi connectivity index (χ4n) is 1.17. The quantitative estimate of drug-likeness (QED) is 0.829. The largest absolute Gasteiger partial charge is 0.264 e. The predicted octanol–water partition coefficient (Wildman–Crippen LogP) is 2.02. The summed E-state index contributed by atoms with van der Waals surface area (Å²) in [4.78, 5) is 7.14. The molecule has 0 fully saturated rings. The summed E-state index contributed by atoms with van der Waals surface area (Å²) in [6.45, 7) is 0. The second-order valence-corrected chi connectivity index (χ2v) is 6.23. The molecule has 2 heterocycles. The van der Waals surface area contributed by atoms with Crippen LogP contribution in [0.1, 0.15) is 0 Å². The van der Waals surface area contributed by atoms with Gasteiger partial charge in [-0.05, 0) is 40.8 Å². The molecule has 0 saturated carbocycles. The van der Waals surface area contributed by atoms with Gasteiger partial charge in [0.25, 0.3) is 10.0 Å². The van der Waals surface area contributed by atoms with Gasteiger partial charge in [0.15, 0.2) is 0 Å². The van der Waals surface area contributed by atoms with Crippen LogP contribution in [0.15, 0.2) is 41.7 Å². The lowest BCUT2D eigenvalue weighted by molar-refractivity contribution is 0.592. The Morgan fingerprint density at radius 3 is 2.61 bits per heavy atom. The van der Waals surface area contributed by atoms with Crippen LogP contribution < -0.4 is 4.72 Å². The van der Waals surface area contributed by atoms with E-state index in [0.717, 1.165) is 22.0 Å². The SMILES string of the molecule is O=S(=O)(Nc1ccc(I)cn1)c1cncc(F)c1. The molecule has 0 bridgehead atoms. The van der Waals surface area contributed by atoms with Crippen molar-refractivity contribution in [2.75, 3.05) is 4.72 Å². The van der Waals surface area contributed by atoms with Gasteiger partial charge in [0, 0.05) is 16.0 Å². The van der Waals surface area contributed by atoms with Crippen molar-refractivity contribution < 1.29 is 12.8 Å². The number of rotatable bonds is 3. The van der Waals surface area contributed by atoms with E-state index < -0.39 is 15.8 Å². The minimum Gasteiger partial charge on any atom is -0.263 e. The zero-order chi connectivity index (χ0) is 13.2. The molecule has 0 amide bonds. The maximum atomic E-state index is 12.9. The van der Waals surface area contributed by atoms with Crippen LogP contribution in [0, 0.1) is 9.39 Å². The molecule has 0 aromatic carbocycles. The Balaban J connectivity index is 2.30. The van der Waals surface area contributed by atoms with Crippen LogP contribution in [0.2, 0.25) is 0 Å². The second kappa shape index (κ2) is 5.14. The second-order valence-electron chi connectivity index (χ2n) is 3.31. The highest BCUT2D eigenvalue weighted by Crippen LogP contribution is 2.14. The molecule has 2 aromatic heterocycles. The summed E-state index contributed by atoms with van der Waals surface area (Å²) in [6, 6.07) is 4.11. The third-order valence-corrected chi connectivity index (χ3v) is 3.92. The van der Waals surface area contributed by atoms with Crippen molar-refractivity contribution in [1.82, 2.24) is 9.97 Å². The molecule has 0 aliphatic carbocycles. The highest BCUT2D eigenvalue weighted by molar-refractivity contribution is 14.1. The van der Waals surface area contributed by atoms with Crippen LogP contribution in [0.4, 0.5) is 10.2 Å². The number of nitrogens with one attached hydrogen (secondary N) is 1. The third-order valence-electron chi connectivity index (χ3n) is 1.96. The van der Waals surface area contributed by atoms with Crippen LogP contribution in [0.3, 0.4) is 0 Å². The average molecular weight is 379 g/mol. The molecule has 2 rings (SSSR count). The highest BCUT2D eigenvalue weighted by atomic mass is 127. The van der Waals surface area contributed by atoms with E-state index in [1.165, 1.54) is 12.3 Å². The van der Waals surface area contributed by atoms with E-state index in [1.807, 2.05) is 0 Å². The van der Waals surface area contributed by atoms with Crippen molar-refractivity contribution in [1.29, 1.82) is 0 Å². The summed E-state index contributed by atoms with van der Waals surface area (Å²) in [6.07, 6.45) is 3.52. The normalized spacial score (nSPS) is 11.2. The van der Waals surface area contributed by atoms with Crippen LogP contribution in [0.25, 0.3) is 0 Å². The van der Waals surface area contributed by atoms with Crippen LogP contribution in [0.5, 0.6) is 0 Å². The Kier molecular flexibility index (Phi) is 3.76. The topological polar surface area (TPSA) is 72.0 Å². The van der Waals surface area contributed by atoms with Crippen molar-refractivity contribution in [2.24, 2.45) is 0 Å². The maximum Gasteiger partial charge on any atom is 0.264 e. The number of nitrogens with zero attached hydrogens (tertiary/aromatic N) is 2. The lowest BCUT2D eigenvalue weighted by Crippen LogP contribution is -2.14. The summed E-state index contributed by atoms with van der Waals surface area (Å²) in [5, 5.41) is 0. The first kappa shape index (κ1) is 13.1. The van der Waals surface area contributed by atoms with Crippen LogP contribution in [-0.4, -0.2) is 18.4 Å². The van der Waals surface area contributed by atoms with Crippen molar-refractivity contribution in [3.63, 3.8) is 0 Å². The number of pyridine rings is 2. The Morgan fingerprint density at radius 1 is 1.22 bits per heavy atom. The van der Waals surface area contributed by atoms with E-state index in [2.05, 4.69) is 37.3 Å². The first-order chi connectivity index (χ1) is 8.47. The van der Waals surface area contributed by atoms with Crippen molar-refractivity contribution in [3.05, 3.63) is 46.2 Å². The van der Waals surface area contributed by atoms with Gasteiger partial charge in [0.05, 0.1) is 6.20 Å². The molecule has 5 nitrogen and oxygen atoms in total. The standard InChI is InChI=1S/C10H7FIN3O2S/c11-7-3-9(6-13-4-7)18(16,17)15-10-2-1-8(12)5-14-10/h1-6H,(H,14,15). The van der Waals surface area contributed by atoms with Gasteiger partial charge in [0.2, 0.25) is 0 Å². The van der Waals surface area contributed by atoms with Crippen LogP contribution >= 0.6 is 22.6 Å². The zero-order valence-electron chi connectivity index (χ0n) is 8.84. The predicted molar refractivity (Wildman–Crippen MR) is 72.0 cm³/mol. The molecule has 0 atom stereocenters. The molecule has 2 aromatic rings. The molecule has 0 spiro atoms. The monoisotopic (exact) mass is 379 g/mol. The summed E-state index contributed by atoms with van der Waals surface area (Å²) in [5.41, 5.74) is 0. The molecule has 0 unspecified atom stereocenters. The van der Waals surface area contributed by atoms with Gasteiger partial charge in [-0.3, -0.25) is 9.71 Å². The summed E-state index contributed by atoms with van der Waals surface area (Å²) >= 11 is 2.05. The molecular formula is C10H7FIN3O2S. The van der Waals surface area contributed by atoms with Gasteiger partial charge >= 0.3 is 0 Å². The molecule has 1 N–H and O–H groups in total. The number of hydrogen-bond acceptors (Lipinski definition) is 4. The van der Waals surface area contributed by atoms with Crippen LogP contribution in [-0.2, 0) is 10.0 Å². The Labute approximate surface area is 117 Å². The number of sulfonamides is 1. The summed E-state index contributed by atoms with van der Waals surface area (Å²) in [5.74, 6) is -0.548. The third kappa shape index (κ3) is 3.13. The molecule has 8 heteroatoms. The molecule has 0 radical (unpaired) electrons. The van der Waals surface area contributed by atoms with E-state index in [1.54, 1.807) is 6.07 Å². The first-order valence-corrected chi connectivity index (χ1v) is 7.28. The molecule has 18 heavy (non-hydrogen) atoms. The van der Waals surface area contributed by atoms with Crippen molar-refractivity contribution in [3.8, 4) is 0 Å². The zero-order valence-corrected chi connectivity index (χ0v) is 11.8. The number of aromatic nitrogens is 2. The summed E-state index contributed by atoms with van der Waals surface area (Å²) < 4.78 is 39.8. The average Bonchev–Trinajstić information content (AvgIpc) is 2.32. The van der Waals surface area contributed by atoms with Gasteiger partial charge in [-0.2, -0.15) is 0 Å². The van der Waals surface area contributed by atoms with Crippen molar-refractivity contribution in [2.45, 2.75) is 4.90 Å². The number of anilines is 1. The fourth-order valence-corrected chi connectivity index (χ4v) is 2.47. The molecule has 0 aliphatic rings. The number of halogens is 2. The summed E-state index contributed by atoms with van der Waals surface area (Å²) in [7, 11) is -3.87. The van der Waals surface area contributed by atoms with Gasteiger partial charge in [-0.25, -0.2) is 17.8 Å².